The van der Waals surface area contributed by atoms with Crippen molar-refractivity contribution in [2.24, 2.45) is 0 Å². The van der Waals surface area contributed by atoms with E-state index in [1.54, 1.807) is 12.1 Å². The van der Waals surface area contributed by atoms with Crippen LogP contribution in [0.25, 0.3) is 0 Å². The molecule has 0 saturated carbocycles. The summed E-state index contributed by atoms with van der Waals surface area (Å²) in [6.07, 6.45) is 4.42. The molecule has 1 heterocycles. The number of ether oxygens (including phenoxy) is 1. The number of hydrogen-bond donors (Lipinski definition) is 2. The van der Waals surface area contributed by atoms with Gasteiger partial charge in [-0.05, 0) is 49.8 Å². The number of aliphatic hydroxyl groups is 1. The molecule has 0 radical (unpaired) electrons. The molecule has 3 nitrogen and oxygen atoms in total. The first-order valence-corrected chi connectivity index (χ1v) is 6.33. The zero-order chi connectivity index (χ0) is 12.1. The summed E-state index contributed by atoms with van der Waals surface area (Å²) >= 11 is 0. The lowest BCUT2D eigenvalue weighted by Crippen LogP contribution is -2.32. The molecule has 1 aromatic rings. The van der Waals surface area contributed by atoms with Gasteiger partial charge >= 0.3 is 0 Å². The molecule has 94 valence electrons. The second-order valence-corrected chi connectivity index (χ2v) is 4.68. The molecule has 1 fully saturated rings. The Kier molecular flexibility index (Phi) is 4.40. The highest BCUT2D eigenvalue weighted by molar-refractivity contribution is 5.25. The average Bonchev–Trinajstić information content (AvgIpc) is 2.39. The summed E-state index contributed by atoms with van der Waals surface area (Å²) in [5, 5.41) is 19.2. The van der Waals surface area contributed by atoms with Gasteiger partial charge in [0, 0.05) is 6.61 Å². The highest BCUT2D eigenvalue weighted by Crippen LogP contribution is 2.19. The standard InChI is InChI=1S/C14H20O3/c15-12-7-4-11(5-8-12)6-9-13(16)14-3-1-2-10-17-14/h4-5,7-8,13-16H,1-3,6,9-10H2. The van der Waals surface area contributed by atoms with Crippen molar-refractivity contribution in [2.45, 2.75) is 44.3 Å². The molecule has 0 spiro atoms. The van der Waals surface area contributed by atoms with Crippen LogP contribution in [0.15, 0.2) is 24.3 Å². The van der Waals surface area contributed by atoms with Gasteiger partial charge in [-0.1, -0.05) is 12.1 Å². The minimum Gasteiger partial charge on any atom is -0.508 e. The van der Waals surface area contributed by atoms with E-state index in [-0.39, 0.29) is 18.0 Å². The van der Waals surface area contributed by atoms with Crippen molar-refractivity contribution in [2.75, 3.05) is 6.61 Å². The lowest BCUT2D eigenvalue weighted by molar-refractivity contribution is -0.0640. The third kappa shape index (κ3) is 3.72. The van der Waals surface area contributed by atoms with Crippen molar-refractivity contribution < 1.29 is 14.9 Å². The summed E-state index contributed by atoms with van der Waals surface area (Å²) in [5.41, 5.74) is 1.14. The summed E-state index contributed by atoms with van der Waals surface area (Å²) in [7, 11) is 0. The fourth-order valence-electron chi connectivity index (χ4n) is 2.23. The van der Waals surface area contributed by atoms with Gasteiger partial charge in [0.05, 0.1) is 12.2 Å². The van der Waals surface area contributed by atoms with Crippen LogP contribution >= 0.6 is 0 Å². The summed E-state index contributed by atoms with van der Waals surface area (Å²) in [6, 6.07) is 7.14. The largest absolute Gasteiger partial charge is 0.508 e. The van der Waals surface area contributed by atoms with Crippen molar-refractivity contribution in [3.8, 4) is 5.75 Å². The Morgan fingerprint density at radius 3 is 2.65 bits per heavy atom. The molecule has 0 amide bonds. The SMILES string of the molecule is Oc1ccc(CCC(O)C2CCCCO2)cc1. The molecule has 2 atom stereocenters. The van der Waals surface area contributed by atoms with Gasteiger partial charge in [0.15, 0.2) is 0 Å². The van der Waals surface area contributed by atoms with E-state index in [2.05, 4.69) is 0 Å². The van der Waals surface area contributed by atoms with E-state index in [0.29, 0.717) is 0 Å². The van der Waals surface area contributed by atoms with E-state index < -0.39 is 0 Å². The summed E-state index contributed by atoms with van der Waals surface area (Å²) in [6.45, 7) is 0.779. The third-order valence-corrected chi connectivity index (χ3v) is 3.31. The Morgan fingerprint density at radius 2 is 2.00 bits per heavy atom. The Morgan fingerprint density at radius 1 is 1.24 bits per heavy atom. The molecule has 1 saturated heterocycles. The van der Waals surface area contributed by atoms with E-state index in [9.17, 15) is 5.11 Å². The molecule has 0 bridgehead atoms. The van der Waals surface area contributed by atoms with Crippen LogP contribution in [0.3, 0.4) is 0 Å². The van der Waals surface area contributed by atoms with Crippen LogP contribution in [0.4, 0.5) is 0 Å². The van der Waals surface area contributed by atoms with Crippen LogP contribution in [0.5, 0.6) is 5.75 Å². The van der Waals surface area contributed by atoms with Crippen LogP contribution in [-0.4, -0.2) is 29.0 Å². The van der Waals surface area contributed by atoms with Gasteiger partial charge in [-0.3, -0.25) is 0 Å². The highest BCUT2D eigenvalue weighted by atomic mass is 16.5. The molecular formula is C14H20O3. The highest BCUT2D eigenvalue weighted by Gasteiger charge is 2.21. The van der Waals surface area contributed by atoms with Gasteiger partial charge in [0.1, 0.15) is 5.75 Å². The quantitative estimate of drug-likeness (QED) is 0.843. The molecule has 1 aromatic carbocycles. The van der Waals surface area contributed by atoms with Gasteiger partial charge in [-0.25, -0.2) is 0 Å². The zero-order valence-electron chi connectivity index (χ0n) is 10.0. The topological polar surface area (TPSA) is 49.7 Å². The van der Waals surface area contributed by atoms with Gasteiger partial charge < -0.3 is 14.9 Å². The summed E-state index contributed by atoms with van der Waals surface area (Å²) < 4.78 is 5.56. The van der Waals surface area contributed by atoms with Gasteiger partial charge in [0.25, 0.3) is 0 Å². The Hall–Kier alpha value is -1.06. The van der Waals surface area contributed by atoms with Crippen LogP contribution in [0.2, 0.25) is 0 Å². The molecule has 1 aliphatic rings. The van der Waals surface area contributed by atoms with Crippen LogP contribution in [-0.2, 0) is 11.2 Å². The molecule has 17 heavy (non-hydrogen) atoms. The molecular weight excluding hydrogens is 216 g/mol. The fraction of sp³-hybridized carbons (Fsp3) is 0.571. The zero-order valence-corrected chi connectivity index (χ0v) is 10.0. The monoisotopic (exact) mass is 236 g/mol. The van der Waals surface area contributed by atoms with Crippen LogP contribution in [0.1, 0.15) is 31.2 Å². The molecule has 2 N–H and O–H groups in total. The number of hydrogen-bond acceptors (Lipinski definition) is 3. The van der Waals surface area contributed by atoms with E-state index in [4.69, 9.17) is 9.84 Å². The minimum atomic E-state index is -0.371. The predicted molar refractivity (Wildman–Crippen MR) is 66.0 cm³/mol. The number of benzene rings is 1. The maximum Gasteiger partial charge on any atom is 0.115 e. The lowest BCUT2D eigenvalue weighted by Gasteiger charge is -2.27. The van der Waals surface area contributed by atoms with Crippen molar-refractivity contribution >= 4 is 0 Å². The first kappa shape index (κ1) is 12.4. The third-order valence-electron chi connectivity index (χ3n) is 3.31. The summed E-state index contributed by atoms with van der Waals surface area (Å²) in [5.74, 6) is 0.282. The van der Waals surface area contributed by atoms with E-state index in [1.165, 1.54) is 0 Å². The van der Waals surface area contributed by atoms with Crippen LogP contribution in [0, 0.1) is 0 Å². The molecule has 2 unspecified atom stereocenters. The smallest absolute Gasteiger partial charge is 0.115 e. The van der Waals surface area contributed by atoms with E-state index in [0.717, 1.165) is 44.3 Å². The lowest BCUT2D eigenvalue weighted by atomic mass is 9.98. The van der Waals surface area contributed by atoms with E-state index >= 15 is 0 Å². The normalized spacial score (nSPS) is 22.3. The number of aromatic hydroxyl groups is 1. The number of aryl methyl sites for hydroxylation is 1. The van der Waals surface area contributed by atoms with Crippen molar-refractivity contribution in [3.63, 3.8) is 0 Å². The number of phenolic OH excluding ortho intramolecular Hbond substituents is 1. The molecule has 3 heteroatoms. The van der Waals surface area contributed by atoms with E-state index in [1.807, 2.05) is 12.1 Å². The van der Waals surface area contributed by atoms with Crippen molar-refractivity contribution in [3.05, 3.63) is 29.8 Å². The Bertz CT molecular complexity index is 328. The Balaban J connectivity index is 1.78. The maximum absolute atomic E-state index is 10.0. The Labute approximate surface area is 102 Å². The summed E-state index contributed by atoms with van der Waals surface area (Å²) in [4.78, 5) is 0. The van der Waals surface area contributed by atoms with Gasteiger partial charge in [0.2, 0.25) is 0 Å². The van der Waals surface area contributed by atoms with Gasteiger partial charge in [-0.2, -0.15) is 0 Å². The first-order valence-electron chi connectivity index (χ1n) is 6.33. The number of phenols is 1. The second-order valence-electron chi connectivity index (χ2n) is 4.68. The number of aliphatic hydroxyl groups excluding tert-OH is 1. The first-order chi connectivity index (χ1) is 8.25. The maximum atomic E-state index is 10.0. The predicted octanol–water partition coefficient (Wildman–Crippen LogP) is 2.25. The molecule has 0 aliphatic carbocycles. The molecule has 0 aromatic heterocycles. The second kappa shape index (κ2) is 6.03. The van der Waals surface area contributed by atoms with Crippen LogP contribution < -0.4 is 0 Å². The average molecular weight is 236 g/mol. The fourth-order valence-corrected chi connectivity index (χ4v) is 2.23. The number of rotatable bonds is 4. The van der Waals surface area contributed by atoms with Crippen molar-refractivity contribution in [1.82, 2.24) is 0 Å². The minimum absolute atomic E-state index is 0.0147. The van der Waals surface area contributed by atoms with Gasteiger partial charge in [-0.15, -0.1) is 0 Å². The molecule has 1 aliphatic heterocycles. The van der Waals surface area contributed by atoms with Crippen molar-refractivity contribution in [1.29, 1.82) is 0 Å². The molecule has 2 rings (SSSR count).